The zero-order valence-electron chi connectivity index (χ0n) is 15.6. The number of hydrogen-bond donors (Lipinski definition) is 0. The molecule has 0 unspecified atom stereocenters. The fraction of sp³-hybridized carbons (Fsp3) is 0.800. The van der Waals surface area contributed by atoms with Crippen LogP contribution in [0.3, 0.4) is 0 Å². The van der Waals surface area contributed by atoms with Crippen molar-refractivity contribution in [3.63, 3.8) is 0 Å². The minimum absolute atomic E-state index is 0.0239. The quantitative estimate of drug-likeness (QED) is 0.360. The van der Waals surface area contributed by atoms with E-state index in [0.29, 0.717) is 30.0 Å². The molecule has 0 aromatic carbocycles. The number of carbonyl (C=O) groups is 2. The monoisotopic (exact) mass is 357 g/mol. The zero-order valence-corrected chi connectivity index (χ0v) is 15.6. The van der Waals surface area contributed by atoms with Crippen LogP contribution in [0.2, 0.25) is 0 Å². The van der Waals surface area contributed by atoms with Crippen LogP contribution in [0.15, 0.2) is 16.8 Å². The number of azide groups is 1. The highest BCUT2D eigenvalue weighted by Gasteiger charge is 2.59. The lowest BCUT2D eigenvalue weighted by molar-refractivity contribution is -0.118. The number of nitrogens with zero attached hydrogens (tertiary/aromatic N) is 3. The average Bonchev–Trinajstić information content (AvgIpc) is 2.92. The highest BCUT2D eigenvalue weighted by Crippen LogP contribution is 2.65. The number of carbonyl (C=O) groups excluding carboxylic acids is 2. The third-order valence-electron chi connectivity index (χ3n) is 8.24. The Hall–Kier alpha value is -1.81. The van der Waals surface area contributed by atoms with Crippen LogP contribution in [0.5, 0.6) is 0 Å². The molecule has 0 bridgehead atoms. The summed E-state index contributed by atoms with van der Waals surface area (Å²) in [6.07, 6.45) is 8.89. The second-order valence-electron chi connectivity index (χ2n) is 9.15. The molecular weight excluding hydrogens is 330 g/mol. The van der Waals surface area contributed by atoms with Gasteiger partial charge in [0.15, 0.2) is 5.78 Å². The topological polar surface area (TPSA) is 92.1 Å². The summed E-state index contributed by atoms with van der Waals surface area (Å²) in [6.45, 7) is 4.63. The summed E-state index contributed by atoms with van der Waals surface area (Å²) >= 11 is 0. The minimum Gasteiger partial charge on any atom is -0.457 e. The molecule has 0 spiro atoms. The third kappa shape index (κ3) is 2.50. The first-order valence-electron chi connectivity index (χ1n) is 9.88. The van der Waals surface area contributed by atoms with Crippen molar-refractivity contribution < 1.29 is 14.3 Å². The molecule has 0 aromatic rings. The molecule has 0 aliphatic heterocycles. The largest absolute Gasteiger partial charge is 0.457 e. The van der Waals surface area contributed by atoms with Crippen LogP contribution < -0.4 is 0 Å². The van der Waals surface area contributed by atoms with E-state index >= 15 is 0 Å². The van der Waals surface area contributed by atoms with Gasteiger partial charge in [0.1, 0.15) is 6.10 Å². The van der Waals surface area contributed by atoms with E-state index in [1.54, 1.807) is 0 Å². The molecule has 6 atom stereocenters. The fourth-order valence-corrected chi connectivity index (χ4v) is 6.89. The molecule has 0 radical (unpaired) electrons. The summed E-state index contributed by atoms with van der Waals surface area (Å²) in [5.74, 6) is 2.09. The van der Waals surface area contributed by atoms with Crippen LogP contribution in [0.4, 0.5) is 4.79 Å². The van der Waals surface area contributed by atoms with Gasteiger partial charge in [0.2, 0.25) is 0 Å². The summed E-state index contributed by atoms with van der Waals surface area (Å²) in [5, 5.41) is 3.09. The summed E-state index contributed by atoms with van der Waals surface area (Å²) in [4.78, 5) is 26.1. The lowest BCUT2D eigenvalue weighted by Gasteiger charge is -2.57. The first-order valence-corrected chi connectivity index (χ1v) is 9.88. The minimum atomic E-state index is -0.798. The van der Waals surface area contributed by atoms with E-state index in [0.717, 1.165) is 44.9 Å². The van der Waals surface area contributed by atoms with Crippen LogP contribution in [-0.4, -0.2) is 18.0 Å². The van der Waals surface area contributed by atoms with E-state index < -0.39 is 6.09 Å². The molecular formula is C20H27N3O3. The summed E-state index contributed by atoms with van der Waals surface area (Å²) in [5.41, 5.74) is 9.97. The summed E-state index contributed by atoms with van der Waals surface area (Å²) < 4.78 is 5.53. The molecule has 3 saturated carbocycles. The molecule has 3 fully saturated rings. The van der Waals surface area contributed by atoms with E-state index in [2.05, 4.69) is 23.9 Å². The number of amides is 1. The van der Waals surface area contributed by atoms with Gasteiger partial charge in [-0.1, -0.05) is 19.4 Å². The summed E-state index contributed by atoms with van der Waals surface area (Å²) in [6, 6.07) is 0. The number of rotatable bonds is 1. The zero-order chi connectivity index (χ0) is 18.5. The van der Waals surface area contributed by atoms with Crippen molar-refractivity contribution in [2.24, 2.45) is 33.7 Å². The normalized spacial score (nSPS) is 44.1. The number of hydrogen-bond acceptors (Lipinski definition) is 3. The number of ketones is 1. The van der Waals surface area contributed by atoms with Gasteiger partial charge in [0.05, 0.1) is 0 Å². The number of ether oxygens (including phenoxy) is 1. The first kappa shape index (κ1) is 17.6. The van der Waals surface area contributed by atoms with E-state index in [4.69, 9.17) is 10.3 Å². The van der Waals surface area contributed by atoms with Gasteiger partial charge in [-0.25, -0.2) is 4.79 Å². The van der Waals surface area contributed by atoms with Gasteiger partial charge in [-0.2, -0.15) is 0 Å². The average molecular weight is 357 g/mol. The molecule has 6 nitrogen and oxygen atoms in total. The molecule has 0 N–H and O–H groups in total. The van der Waals surface area contributed by atoms with Gasteiger partial charge in [-0.05, 0) is 79.7 Å². The molecule has 4 rings (SSSR count). The second-order valence-corrected chi connectivity index (χ2v) is 9.15. The van der Waals surface area contributed by atoms with Gasteiger partial charge in [0.25, 0.3) is 0 Å². The van der Waals surface area contributed by atoms with Crippen LogP contribution >= 0.6 is 0 Å². The third-order valence-corrected chi connectivity index (χ3v) is 8.24. The Morgan fingerprint density at radius 3 is 2.77 bits per heavy atom. The molecule has 0 heterocycles. The Morgan fingerprint density at radius 2 is 2.00 bits per heavy atom. The molecule has 4 aliphatic rings. The predicted octanol–water partition coefficient (Wildman–Crippen LogP) is 5.33. The lowest BCUT2D eigenvalue weighted by Crippen LogP contribution is -2.51. The Bertz CT molecular complexity index is 726. The van der Waals surface area contributed by atoms with E-state index in [9.17, 15) is 9.59 Å². The first-order chi connectivity index (χ1) is 12.4. The van der Waals surface area contributed by atoms with E-state index in [-0.39, 0.29) is 16.9 Å². The Labute approximate surface area is 154 Å². The maximum Gasteiger partial charge on any atom is 0.397 e. The van der Waals surface area contributed by atoms with Crippen molar-refractivity contribution in [3.8, 4) is 0 Å². The van der Waals surface area contributed by atoms with Crippen LogP contribution in [0, 0.1) is 28.6 Å². The molecule has 1 amide bonds. The maximum absolute atomic E-state index is 11.9. The van der Waals surface area contributed by atoms with Crippen molar-refractivity contribution in [1.82, 2.24) is 0 Å². The molecule has 140 valence electrons. The van der Waals surface area contributed by atoms with Crippen molar-refractivity contribution in [3.05, 3.63) is 22.1 Å². The van der Waals surface area contributed by atoms with E-state index in [1.807, 2.05) is 6.08 Å². The molecule has 26 heavy (non-hydrogen) atoms. The molecule has 0 aromatic heterocycles. The Balaban J connectivity index is 1.58. The van der Waals surface area contributed by atoms with Gasteiger partial charge in [-0.15, -0.1) is 0 Å². The van der Waals surface area contributed by atoms with Crippen molar-refractivity contribution >= 4 is 11.9 Å². The highest BCUT2D eigenvalue weighted by molar-refractivity contribution is 5.91. The van der Waals surface area contributed by atoms with Crippen LogP contribution in [0.25, 0.3) is 10.4 Å². The molecule has 4 aliphatic carbocycles. The lowest BCUT2D eigenvalue weighted by atomic mass is 9.47. The van der Waals surface area contributed by atoms with Gasteiger partial charge < -0.3 is 4.74 Å². The van der Waals surface area contributed by atoms with Gasteiger partial charge in [0, 0.05) is 21.9 Å². The number of allylic oxidation sites excluding steroid dienone is 1. The highest BCUT2D eigenvalue weighted by atomic mass is 16.6. The SMILES string of the molecule is C[C@]12CC[C@H]3[C@@H](CCC4=CC(=O)CC[C@@]43C)[C@@H]1CC[C@@H]2OC(=O)N=[N+]=[N-]. The van der Waals surface area contributed by atoms with Gasteiger partial charge in [-0.3, -0.25) is 4.79 Å². The molecule has 6 heteroatoms. The maximum atomic E-state index is 11.9. The van der Waals surface area contributed by atoms with E-state index in [1.165, 1.54) is 5.57 Å². The smallest absolute Gasteiger partial charge is 0.397 e. The standard InChI is InChI=1S/C20H27N3O3/c1-19-9-7-13(24)11-12(19)3-4-14-15-5-6-17(26-18(25)22-23-21)20(15,2)10-8-16(14)19/h11,14-17H,3-10H2,1-2H3/t14-,15-,16-,17-,19-,20-/m0/s1. The number of fused-ring (bicyclic) bond motifs is 5. The Kier molecular flexibility index (Phi) is 4.14. The Morgan fingerprint density at radius 1 is 1.19 bits per heavy atom. The van der Waals surface area contributed by atoms with Crippen molar-refractivity contribution in [1.29, 1.82) is 0 Å². The molecule has 0 saturated heterocycles. The fourth-order valence-electron chi connectivity index (χ4n) is 6.89. The van der Waals surface area contributed by atoms with Gasteiger partial charge >= 0.3 is 6.09 Å². The van der Waals surface area contributed by atoms with Crippen LogP contribution in [-0.2, 0) is 9.53 Å². The predicted molar refractivity (Wildman–Crippen MR) is 96.1 cm³/mol. The van der Waals surface area contributed by atoms with Crippen molar-refractivity contribution in [2.75, 3.05) is 0 Å². The van der Waals surface area contributed by atoms with Crippen LogP contribution in [0.1, 0.15) is 65.2 Å². The summed E-state index contributed by atoms with van der Waals surface area (Å²) in [7, 11) is 0. The second kappa shape index (κ2) is 6.12. The van der Waals surface area contributed by atoms with Crippen molar-refractivity contribution in [2.45, 2.75) is 71.3 Å².